The third kappa shape index (κ3) is 4.50. The molecule has 0 unspecified atom stereocenters. The molecule has 0 saturated carbocycles. The van der Waals surface area contributed by atoms with Gasteiger partial charge in [-0.05, 0) is 63.6 Å². The van der Waals surface area contributed by atoms with Gasteiger partial charge in [-0.15, -0.1) is 11.3 Å². The average molecular weight is 388 g/mol. The predicted octanol–water partition coefficient (Wildman–Crippen LogP) is 4.44. The van der Waals surface area contributed by atoms with Crippen molar-refractivity contribution in [3.05, 3.63) is 45.3 Å². The van der Waals surface area contributed by atoms with Gasteiger partial charge < -0.3 is 14.8 Å². The number of carbonyl (C=O) groups is 2. The molecule has 0 bridgehead atoms. The lowest BCUT2D eigenvalue weighted by molar-refractivity contribution is -0.118. The summed E-state index contributed by atoms with van der Waals surface area (Å²) in [6.07, 6.45) is 3.97. The van der Waals surface area contributed by atoms with E-state index in [9.17, 15) is 9.59 Å². The van der Waals surface area contributed by atoms with Crippen molar-refractivity contribution in [3.8, 4) is 5.75 Å². The number of fused-ring (bicyclic) bond motifs is 1. The second kappa shape index (κ2) is 8.57. The molecule has 1 heterocycles. The summed E-state index contributed by atoms with van der Waals surface area (Å²) in [6.45, 7) is 5.96. The zero-order chi connectivity index (χ0) is 19.4. The smallest absolute Gasteiger partial charge is 0.341 e. The topological polar surface area (TPSA) is 64.6 Å². The average Bonchev–Trinajstić information content (AvgIpc) is 2.99. The minimum Gasteiger partial charge on any atom is -0.483 e. The largest absolute Gasteiger partial charge is 0.483 e. The van der Waals surface area contributed by atoms with Crippen LogP contribution in [0.1, 0.15) is 51.7 Å². The van der Waals surface area contributed by atoms with Gasteiger partial charge >= 0.3 is 5.97 Å². The minimum absolute atomic E-state index is 0.102. The molecule has 1 N–H and O–H groups in total. The molecule has 2 aromatic rings. The molecule has 1 aromatic carbocycles. The Hall–Kier alpha value is -2.34. The molecule has 1 aliphatic rings. The Labute approximate surface area is 163 Å². The highest BCUT2D eigenvalue weighted by Gasteiger charge is 2.27. The Morgan fingerprint density at radius 1 is 1.19 bits per heavy atom. The molecule has 0 atom stereocenters. The van der Waals surface area contributed by atoms with E-state index in [1.807, 2.05) is 32.0 Å². The van der Waals surface area contributed by atoms with Crippen molar-refractivity contribution in [2.45, 2.75) is 46.5 Å². The number of rotatable bonds is 6. The van der Waals surface area contributed by atoms with Gasteiger partial charge in [0.1, 0.15) is 10.8 Å². The van der Waals surface area contributed by atoms with Gasteiger partial charge in [0.2, 0.25) is 0 Å². The van der Waals surface area contributed by atoms with E-state index in [1.54, 1.807) is 6.92 Å². The van der Waals surface area contributed by atoms with Gasteiger partial charge in [-0.25, -0.2) is 4.79 Å². The van der Waals surface area contributed by atoms with Crippen molar-refractivity contribution in [2.24, 2.45) is 0 Å². The van der Waals surface area contributed by atoms with Crippen molar-refractivity contribution >= 4 is 28.2 Å². The number of carbonyl (C=O) groups excluding carboxylic acids is 2. The van der Waals surface area contributed by atoms with Crippen molar-refractivity contribution in [1.29, 1.82) is 0 Å². The van der Waals surface area contributed by atoms with Crippen LogP contribution in [0.15, 0.2) is 18.2 Å². The lowest BCUT2D eigenvalue weighted by atomic mass is 9.95. The lowest BCUT2D eigenvalue weighted by Gasteiger charge is -2.12. The highest BCUT2D eigenvalue weighted by molar-refractivity contribution is 7.17. The Bertz CT molecular complexity index is 856. The molecule has 144 valence electrons. The fraction of sp³-hybridized carbons (Fsp3) is 0.429. The van der Waals surface area contributed by atoms with E-state index < -0.39 is 0 Å². The van der Waals surface area contributed by atoms with E-state index in [0.717, 1.165) is 42.4 Å². The Morgan fingerprint density at radius 3 is 2.70 bits per heavy atom. The monoisotopic (exact) mass is 387 g/mol. The summed E-state index contributed by atoms with van der Waals surface area (Å²) < 4.78 is 10.9. The normalized spacial score (nSPS) is 13.0. The quantitative estimate of drug-likeness (QED) is 0.745. The maximum Gasteiger partial charge on any atom is 0.341 e. The van der Waals surface area contributed by atoms with Crippen LogP contribution in [0.25, 0.3) is 0 Å². The standard InChI is InChI=1S/C21H25NO4S/c1-4-25-21(24)19-15-7-5-6-8-17(15)27-20(19)22-18(23)12-26-16-10-9-13(2)11-14(16)3/h9-11H,4-8,12H2,1-3H3,(H,22,23). The number of nitrogens with one attached hydrogen (secondary N) is 1. The van der Waals surface area contributed by atoms with Crippen molar-refractivity contribution in [1.82, 2.24) is 0 Å². The van der Waals surface area contributed by atoms with Gasteiger partial charge in [0.15, 0.2) is 6.61 Å². The van der Waals surface area contributed by atoms with Crippen molar-refractivity contribution in [3.63, 3.8) is 0 Å². The van der Waals surface area contributed by atoms with E-state index in [-0.39, 0.29) is 18.5 Å². The van der Waals surface area contributed by atoms with E-state index in [0.29, 0.717) is 22.9 Å². The number of esters is 1. The summed E-state index contributed by atoms with van der Waals surface area (Å²) >= 11 is 1.48. The molecule has 6 heteroatoms. The molecule has 0 aliphatic heterocycles. The number of amides is 1. The van der Waals surface area contributed by atoms with Crippen LogP contribution in [-0.4, -0.2) is 25.1 Å². The third-order valence-electron chi connectivity index (χ3n) is 4.59. The van der Waals surface area contributed by atoms with Crippen LogP contribution < -0.4 is 10.1 Å². The molecular formula is C21H25NO4S. The van der Waals surface area contributed by atoms with E-state index in [4.69, 9.17) is 9.47 Å². The summed E-state index contributed by atoms with van der Waals surface area (Å²) in [5.41, 5.74) is 3.70. The van der Waals surface area contributed by atoms with Gasteiger partial charge in [-0.1, -0.05) is 17.7 Å². The molecule has 27 heavy (non-hydrogen) atoms. The molecule has 0 fully saturated rings. The predicted molar refractivity (Wildman–Crippen MR) is 107 cm³/mol. The summed E-state index contributed by atoms with van der Waals surface area (Å²) in [5.74, 6) is 0.0495. The van der Waals surface area contributed by atoms with E-state index >= 15 is 0 Å². The molecule has 1 aliphatic carbocycles. The number of ether oxygens (including phenoxy) is 2. The number of anilines is 1. The van der Waals surface area contributed by atoms with Gasteiger partial charge in [-0.2, -0.15) is 0 Å². The first-order valence-corrected chi connectivity index (χ1v) is 10.1. The fourth-order valence-electron chi connectivity index (χ4n) is 3.34. The lowest BCUT2D eigenvalue weighted by Crippen LogP contribution is -2.21. The summed E-state index contributed by atoms with van der Waals surface area (Å²) in [4.78, 5) is 26.0. The number of hydrogen-bond acceptors (Lipinski definition) is 5. The van der Waals surface area contributed by atoms with Gasteiger partial charge in [0, 0.05) is 4.88 Å². The van der Waals surface area contributed by atoms with Gasteiger partial charge in [0.25, 0.3) is 5.91 Å². The molecule has 1 aromatic heterocycles. The van der Waals surface area contributed by atoms with Crippen LogP contribution in [0, 0.1) is 13.8 Å². The third-order valence-corrected chi connectivity index (χ3v) is 5.80. The molecule has 3 rings (SSSR count). The zero-order valence-electron chi connectivity index (χ0n) is 16.0. The summed E-state index contributed by atoms with van der Waals surface area (Å²) in [7, 11) is 0. The molecule has 5 nitrogen and oxygen atoms in total. The molecule has 0 spiro atoms. The van der Waals surface area contributed by atoms with Gasteiger partial charge in [-0.3, -0.25) is 4.79 Å². The summed E-state index contributed by atoms with van der Waals surface area (Å²) in [6, 6.07) is 5.83. The molecule has 0 saturated heterocycles. The molecular weight excluding hydrogens is 362 g/mol. The first-order valence-electron chi connectivity index (χ1n) is 9.31. The maximum atomic E-state index is 12.4. The molecule has 1 amide bonds. The van der Waals surface area contributed by atoms with Crippen LogP contribution in [0.4, 0.5) is 5.00 Å². The van der Waals surface area contributed by atoms with Crippen LogP contribution in [-0.2, 0) is 22.4 Å². The van der Waals surface area contributed by atoms with Crippen LogP contribution in [0.2, 0.25) is 0 Å². The van der Waals surface area contributed by atoms with E-state index in [1.165, 1.54) is 16.2 Å². The number of aryl methyl sites for hydroxylation is 3. The number of thiophene rings is 1. The maximum absolute atomic E-state index is 12.4. The Morgan fingerprint density at radius 2 is 1.96 bits per heavy atom. The SMILES string of the molecule is CCOC(=O)c1c(NC(=O)COc2ccc(C)cc2C)sc2c1CCCC2. The number of hydrogen-bond donors (Lipinski definition) is 1. The highest BCUT2D eigenvalue weighted by atomic mass is 32.1. The first-order chi connectivity index (χ1) is 13.0. The van der Waals surface area contributed by atoms with Crippen LogP contribution in [0.3, 0.4) is 0 Å². The first kappa shape index (κ1) is 19.4. The summed E-state index contributed by atoms with van der Waals surface area (Å²) in [5, 5.41) is 3.44. The number of benzene rings is 1. The Kier molecular flexibility index (Phi) is 6.16. The highest BCUT2D eigenvalue weighted by Crippen LogP contribution is 2.38. The molecule has 0 radical (unpaired) electrons. The van der Waals surface area contributed by atoms with Crippen LogP contribution in [0.5, 0.6) is 5.75 Å². The van der Waals surface area contributed by atoms with E-state index in [2.05, 4.69) is 5.32 Å². The second-order valence-electron chi connectivity index (χ2n) is 6.74. The van der Waals surface area contributed by atoms with Crippen LogP contribution >= 0.6 is 11.3 Å². The fourth-order valence-corrected chi connectivity index (χ4v) is 4.63. The van der Waals surface area contributed by atoms with Gasteiger partial charge in [0.05, 0.1) is 12.2 Å². The zero-order valence-corrected chi connectivity index (χ0v) is 16.8. The minimum atomic E-state index is -0.359. The van der Waals surface area contributed by atoms with Crippen molar-refractivity contribution < 1.29 is 19.1 Å². The second-order valence-corrected chi connectivity index (χ2v) is 7.85. The Balaban J connectivity index is 1.73. The van der Waals surface area contributed by atoms with Crippen molar-refractivity contribution in [2.75, 3.05) is 18.5 Å².